The molecule has 0 aromatic heterocycles. The van der Waals surface area contributed by atoms with E-state index in [0.29, 0.717) is 43.7 Å². The van der Waals surface area contributed by atoms with Gasteiger partial charge in [0.25, 0.3) is 0 Å². The summed E-state index contributed by atoms with van der Waals surface area (Å²) in [5, 5.41) is 0. The van der Waals surface area contributed by atoms with Crippen LogP contribution in [0.5, 0.6) is 0 Å². The van der Waals surface area contributed by atoms with Crippen molar-refractivity contribution in [2.75, 3.05) is 0 Å². The van der Waals surface area contributed by atoms with Gasteiger partial charge in [0, 0.05) is 36.5 Å². The molecule has 2 saturated carbocycles. The second-order valence-corrected chi connectivity index (χ2v) is 9.73. The number of ketones is 4. The third-order valence-corrected chi connectivity index (χ3v) is 7.33. The zero-order valence-corrected chi connectivity index (χ0v) is 18.7. The summed E-state index contributed by atoms with van der Waals surface area (Å²) in [6.45, 7) is 3.41. The van der Waals surface area contributed by atoms with Crippen molar-refractivity contribution in [3.63, 3.8) is 0 Å². The van der Waals surface area contributed by atoms with Gasteiger partial charge >= 0.3 is 0 Å². The van der Waals surface area contributed by atoms with E-state index in [9.17, 15) is 19.2 Å². The molecule has 0 aromatic rings. The highest BCUT2D eigenvalue weighted by atomic mass is 16.1. The van der Waals surface area contributed by atoms with Crippen LogP contribution in [0, 0.1) is 10.8 Å². The Hall–Kier alpha value is -1.32. The first-order valence-corrected chi connectivity index (χ1v) is 11.9. The fourth-order valence-corrected chi connectivity index (χ4v) is 4.52. The summed E-state index contributed by atoms with van der Waals surface area (Å²) < 4.78 is 0. The number of unbranched alkanes of at least 4 members (excludes halogenated alkanes) is 4. The van der Waals surface area contributed by atoms with E-state index in [1.54, 1.807) is 13.8 Å². The molecule has 0 radical (unpaired) electrons. The van der Waals surface area contributed by atoms with Gasteiger partial charge in [-0.15, -0.1) is 0 Å². The quantitative estimate of drug-likeness (QED) is 0.265. The highest BCUT2D eigenvalue weighted by molar-refractivity contribution is 5.85. The normalized spacial score (nSPS) is 18.3. The molecule has 0 atom stereocenters. The molecule has 2 aliphatic carbocycles. The molecular weight excluding hydrogens is 364 g/mol. The van der Waals surface area contributed by atoms with Gasteiger partial charge in [-0.05, 0) is 71.6 Å². The second-order valence-electron chi connectivity index (χ2n) is 9.73. The van der Waals surface area contributed by atoms with Crippen molar-refractivity contribution >= 4 is 23.1 Å². The zero-order valence-electron chi connectivity index (χ0n) is 18.7. The van der Waals surface area contributed by atoms with Crippen LogP contribution in [0.4, 0.5) is 0 Å². The number of Topliss-reactive ketones (excluding diaryl/α,β-unsaturated/α-hetero) is 4. The number of carbonyl (C=O) groups excluding carboxylic acids is 4. The van der Waals surface area contributed by atoms with Crippen LogP contribution in [0.1, 0.15) is 123 Å². The Morgan fingerprint density at radius 1 is 0.517 bits per heavy atom. The molecule has 0 aliphatic heterocycles. The molecule has 4 nitrogen and oxygen atoms in total. The van der Waals surface area contributed by atoms with E-state index in [4.69, 9.17) is 0 Å². The van der Waals surface area contributed by atoms with Crippen LogP contribution in [0.2, 0.25) is 0 Å². The van der Waals surface area contributed by atoms with E-state index in [2.05, 4.69) is 0 Å². The van der Waals surface area contributed by atoms with E-state index in [-0.39, 0.29) is 22.4 Å². The van der Waals surface area contributed by atoms with E-state index in [0.717, 1.165) is 77.0 Å². The molecule has 164 valence electrons. The zero-order chi connectivity index (χ0) is 21.3. The highest BCUT2D eigenvalue weighted by Gasteiger charge is 2.46. The Labute approximate surface area is 176 Å². The Bertz CT molecular complexity index is 544. The molecule has 0 amide bonds. The molecule has 0 heterocycles. The molecule has 0 unspecified atom stereocenters. The van der Waals surface area contributed by atoms with Crippen LogP contribution in [-0.2, 0) is 19.2 Å². The van der Waals surface area contributed by atoms with Gasteiger partial charge in [-0.3, -0.25) is 19.2 Å². The SMILES string of the molecule is CC(=O)C1(CCCCCC(=O)CCCC(=O)CCCCCC2(C(C)=O)CC2)CC1. The molecule has 29 heavy (non-hydrogen) atoms. The molecule has 0 N–H and O–H groups in total. The molecular formula is C25H40O4. The fraction of sp³-hybridized carbons (Fsp3) is 0.840. The van der Waals surface area contributed by atoms with E-state index in [1.807, 2.05) is 0 Å². The van der Waals surface area contributed by atoms with Gasteiger partial charge in [0.2, 0.25) is 0 Å². The van der Waals surface area contributed by atoms with Gasteiger partial charge in [-0.25, -0.2) is 0 Å². The largest absolute Gasteiger partial charge is 0.300 e. The van der Waals surface area contributed by atoms with Crippen molar-refractivity contribution in [3.8, 4) is 0 Å². The average Bonchev–Trinajstić information content (AvgIpc) is 3.56. The third kappa shape index (κ3) is 8.14. The second kappa shape index (κ2) is 11.2. The number of rotatable bonds is 18. The summed E-state index contributed by atoms with van der Waals surface area (Å²) >= 11 is 0. The Kier molecular flexibility index (Phi) is 9.23. The lowest BCUT2D eigenvalue weighted by Gasteiger charge is -2.10. The number of hydrogen-bond acceptors (Lipinski definition) is 4. The van der Waals surface area contributed by atoms with Crippen molar-refractivity contribution in [2.45, 2.75) is 123 Å². The van der Waals surface area contributed by atoms with Gasteiger partial charge in [-0.1, -0.05) is 25.7 Å². The van der Waals surface area contributed by atoms with Crippen molar-refractivity contribution in [2.24, 2.45) is 10.8 Å². The summed E-state index contributed by atoms with van der Waals surface area (Å²) in [4.78, 5) is 47.0. The van der Waals surface area contributed by atoms with Crippen molar-refractivity contribution < 1.29 is 19.2 Å². The molecule has 0 aromatic carbocycles. The van der Waals surface area contributed by atoms with Gasteiger partial charge in [0.05, 0.1) is 0 Å². The van der Waals surface area contributed by atoms with Gasteiger partial charge in [-0.2, -0.15) is 0 Å². The lowest BCUT2D eigenvalue weighted by molar-refractivity contribution is -0.123. The maximum atomic E-state index is 12.0. The van der Waals surface area contributed by atoms with Crippen molar-refractivity contribution in [3.05, 3.63) is 0 Å². The standard InChI is InChI=1S/C25H40O4/c1-20(26)24(16-17-24)14-7-3-5-10-22(28)12-9-13-23(29)11-6-4-8-15-25(18-19-25)21(2)27/h3-19H2,1-2H3. The van der Waals surface area contributed by atoms with Gasteiger partial charge in [0.15, 0.2) is 0 Å². The average molecular weight is 405 g/mol. The summed E-state index contributed by atoms with van der Waals surface area (Å²) in [6, 6.07) is 0. The Balaban J connectivity index is 1.39. The minimum Gasteiger partial charge on any atom is -0.300 e. The van der Waals surface area contributed by atoms with E-state index >= 15 is 0 Å². The maximum absolute atomic E-state index is 12.0. The summed E-state index contributed by atoms with van der Waals surface area (Å²) in [6.07, 6.45) is 15.0. The van der Waals surface area contributed by atoms with Crippen LogP contribution < -0.4 is 0 Å². The van der Waals surface area contributed by atoms with Crippen LogP contribution >= 0.6 is 0 Å². The van der Waals surface area contributed by atoms with Crippen LogP contribution in [0.3, 0.4) is 0 Å². The Morgan fingerprint density at radius 2 is 0.862 bits per heavy atom. The maximum Gasteiger partial charge on any atom is 0.135 e. The molecule has 2 rings (SSSR count). The van der Waals surface area contributed by atoms with Gasteiger partial charge in [0.1, 0.15) is 23.1 Å². The smallest absolute Gasteiger partial charge is 0.135 e. The predicted molar refractivity (Wildman–Crippen MR) is 115 cm³/mol. The topological polar surface area (TPSA) is 68.3 Å². The molecule has 0 spiro atoms. The summed E-state index contributed by atoms with van der Waals surface area (Å²) in [5.74, 6) is 1.20. The Morgan fingerprint density at radius 3 is 1.17 bits per heavy atom. The van der Waals surface area contributed by atoms with Crippen LogP contribution in [0.15, 0.2) is 0 Å². The lowest BCUT2D eigenvalue weighted by Crippen LogP contribution is -2.11. The first kappa shape index (κ1) is 24.0. The van der Waals surface area contributed by atoms with Crippen LogP contribution in [-0.4, -0.2) is 23.1 Å². The minimum absolute atomic E-state index is 0.00286. The lowest BCUT2D eigenvalue weighted by atomic mass is 9.93. The van der Waals surface area contributed by atoms with Crippen molar-refractivity contribution in [1.29, 1.82) is 0 Å². The molecule has 4 heteroatoms. The van der Waals surface area contributed by atoms with Crippen LogP contribution in [0.25, 0.3) is 0 Å². The minimum atomic E-state index is -0.00286. The summed E-state index contributed by atoms with van der Waals surface area (Å²) in [7, 11) is 0. The monoisotopic (exact) mass is 404 g/mol. The number of hydrogen-bond donors (Lipinski definition) is 0. The molecule has 0 saturated heterocycles. The number of carbonyl (C=O) groups is 4. The first-order chi connectivity index (χ1) is 13.8. The summed E-state index contributed by atoms with van der Waals surface area (Å²) in [5.41, 5.74) is -0.00573. The molecule has 2 aliphatic rings. The predicted octanol–water partition coefficient (Wildman–Crippen LogP) is 5.93. The van der Waals surface area contributed by atoms with Crippen molar-refractivity contribution in [1.82, 2.24) is 0 Å². The highest BCUT2D eigenvalue weighted by Crippen LogP contribution is 2.51. The van der Waals surface area contributed by atoms with E-state index < -0.39 is 0 Å². The van der Waals surface area contributed by atoms with Gasteiger partial charge < -0.3 is 0 Å². The van der Waals surface area contributed by atoms with E-state index in [1.165, 1.54) is 0 Å². The third-order valence-electron chi connectivity index (χ3n) is 7.33. The fourth-order valence-electron chi connectivity index (χ4n) is 4.52. The molecule has 2 fully saturated rings. The molecule has 0 bridgehead atoms. The first-order valence-electron chi connectivity index (χ1n) is 11.9.